The van der Waals surface area contributed by atoms with Crippen molar-refractivity contribution in [3.05, 3.63) is 57.4 Å². The maximum absolute atomic E-state index is 13.7. The molecule has 0 saturated heterocycles. The first-order valence-electron chi connectivity index (χ1n) is 6.00. The van der Waals surface area contributed by atoms with Crippen molar-refractivity contribution in [3.63, 3.8) is 0 Å². The minimum Gasteiger partial charge on any atom is -0.462 e. The van der Waals surface area contributed by atoms with Crippen LogP contribution in [0.3, 0.4) is 0 Å². The Hall–Kier alpha value is -1.08. The summed E-state index contributed by atoms with van der Waals surface area (Å²) >= 11 is 3.40. The molecule has 0 amide bonds. The summed E-state index contributed by atoms with van der Waals surface area (Å²) in [5.41, 5.74) is 0.499. The van der Waals surface area contributed by atoms with E-state index in [1.165, 1.54) is 17.8 Å². The van der Waals surface area contributed by atoms with Crippen LogP contribution in [0.4, 0.5) is 4.39 Å². The Balaban J connectivity index is 2.12. The second-order valence-electron chi connectivity index (χ2n) is 3.92. The standard InChI is InChI=1S/C15H12FIO2S/c1-2-19-15(18)10-3-6-12(7-4-10)20-14-8-5-11(17)9-13(14)16/h3-9H,2H2,1H3. The third-order valence-corrected chi connectivity index (χ3v) is 4.22. The van der Waals surface area contributed by atoms with E-state index < -0.39 is 0 Å². The molecule has 0 spiro atoms. The van der Waals surface area contributed by atoms with E-state index in [0.717, 1.165) is 8.47 Å². The predicted octanol–water partition coefficient (Wildman–Crippen LogP) is 4.76. The van der Waals surface area contributed by atoms with Crippen molar-refractivity contribution in [1.82, 2.24) is 0 Å². The van der Waals surface area contributed by atoms with Gasteiger partial charge in [0.25, 0.3) is 0 Å². The normalized spacial score (nSPS) is 10.3. The van der Waals surface area contributed by atoms with E-state index in [4.69, 9.17) is 4.74 Å². The zero-order chi connectivity index (χ0) is 14.5. The molecule has 0 bridgehead atoms. The molecule has 0 atom stereocenters. The average Bonchev–Trinajstić information content (AvgIpc) is 2.43. The summed E-state index contributed by atoms with van der Waals surface area (Å²) in [5.74, 6) is -0.583. The van der Waals surface area contributed by atoms with Crippen LogP contribution < -0.4 is 0 Å². The molecular formula is C15H12FIO2S. The molecule has 0 fully saturated rings. The first kappa shape index (κ1) is 15.3. The first-order valence-corrected chi connectivity index (χ1v) is 7.89. The van der Waals surface area contributed by atoms with Gasteiger partial charge < -0.3 is 4.74 Å². The van der Waals surface area contributed by atoms with Gasteiger partial charge in [-0.05, 0) is 72.0 Å². The van der Waals surface area contributed by atoms with E-state index in [1.54, 1.807) is 37.3 Å². The Kier molecular flexibility index (Phi) is 5.42. The van der Waals surface area contributed by atoms with Crippen LogP contribution >= 0.6 is 34.4 Å². The molecule has 0 aliphatic carbocycles. The van der Waals surface area contributed by atoms with Crippen molar-refractivity contribution in [1.29, 1.82) is 0 Å². The highest BCUT2D eigenvalue weighted by molar-refractivity contribution is 14.1. The van der Waals surface area contributed by atoms with Gasteiger partial charge in [-0.1, -0.05) is 11.8 Å². The molecule has 104 valence electrons. The highest BCUT2D eigenvalue weighted by atomic mass is 127. The third-order valence-electron chi connectivity index (χ3n) is 2.49. The van der Waals surface area contributed by atoms with Crippen LogP contribution in [0.25, 0.3) is 0 Å². The topological polar surface area (TPSA) is 26.3 Å². The van der Waals surface area contributed by atoms with E-state index in [-0.39, 0.29) is 11.8 Å². The summed E-state index contributed by atoms with van der Waals surface area (Å²) in [6, 6.07) is 12.0. The van der Waals surface area contributed by atoms with Crippen molar-refractivity contribution >= 4 is 40.3 Å². The van der Waals surface area contributed by atoms with Gasteiger partial charge in [-0.25, -0.2) is 9.18 Å². The second-order valence-corrected chi connectivity index (χ2v) is 6.28. The average molecular weight is 402 g/mol. The Bertz CT molecular complexity index is 614. The van der Waals surface area contributed by atoms with Gasteiger partial charge >= 0.3 is 5.97 Å². The molecule has 20 heavy (non-hydrogen) atoms. The fraction of sp³-hybridized carbons (Fsp3) is 0.133. The van der Waals surface area contributed by atoms with E-state index in [0.29, 0.717) is 17.1 Å². The summed E-state index contributed by atoms with van der Waals surface area (Å²) in [7, 11) is 0. The quantitative estimate of drug-likeness (QED) is 0.545. The number of esters is 1. The highest BCUT2D eigenvalue weighted by Gasteiger charge is 2.08. The molecule has 0 heterocycles. The molecule has 2 aromatic rings. The lowest BCUT2D eigenvalue weighted by Gasteiger charge is -2.05. The minimum absolute atomic E-state index is 0.239. The lowest BCUT2D eigenvalue weighted by molar-refractivity contribution is 0.0526. The number of benzene rings is 2. The lowest BCUT2D eigenvalue weighted by Crippen LogP contribution is -2.03. The smallest absolute Gasteiger partial charge is 0.338 e. The zero-order valence-electron chi connectivity index (χ0n) is 10.7. The molecular weight excluding hydrogens is 390 g/mol. The molecule has 2 rings (SSSR count). The van der Waals surface area contributed by atoms with Crippen molar-refractivity contribution in [2.45, 2.75) is 16.7 Å². The van der Waals surface area contributed by atoms with Gasteiger partial charge in [0.2, 0.25) is 0 Å². The fourth-order valence-corrected chi connectivity index (χ4v) is 2.83. The predicted molar refractivity (Wildman–Crippen MR) is 85.6 cm³/mol. The van der Waals surface area contributed by atoms with E-state index in [2.05, 4.69) is 22.6 Å². The largest absolute Gasteiger partial charge is 0.462 e. The molecule has 2 aromatic carbocycles. The lowest BCUT2D eigenvalue weighted by atomic mass is 10.2. The van der Waals surface area contributed by atoms with Crippen LogP contribution in [-0.4, -0.2) is 12.6 Å². The summed E-state index contributed by atoms with van der Waals surface area (Å²) < 4.78 is 19.5. The van der Waals surface area contributed by atoms with Crippen LogP contribution in [0.5, 0.6) is 0 Å². The number of hydrogen-bond acceptors (Lipinski definition) is 3. The zero-order valence-corrected chi connectivity index (χ0v) is 13.7. The van der Waals surface area contributed by atoms with Gasteiger partial charge in [0.05, 0.1) is 12.2 Å². The Morgan fingerprint density at radius 1 is 1.25 bits per heavy atom. The van der Waals surface area contributed by atoms with Crippen molar-refractivity contribution < 1.29 is 13.9 Å². The Morgan fingerprint density at radius 3 is 2.55 bits per heavy atom. The number of carbonyl (C=O) groups is 1. The fourth-order valence-electron chi connectivity index (χ4n) is 1.56. The SMILES string of the molecule is CCOC(=O)c1ccc(Sc2ccc(I)cc2F)cc1. The third kappa shape index (κ3) is 3.96. The van der Waals surface area contributed by atoms with Gasteiger partial charge in [-0.15, -0.1) is 0 Å². The van der Waals surface area contributed by atoms with Gasteiger partial charge in [0.15, 0.2) is 0 Å². The van der Waals surface area contributed by atoms with Crippen molar-refractivity contribution in [2.24, 2.45) is 0 Å². The second kappa shape index (κ2) is 7.08. The first-order chi connectivity index (χ1) is 9.60. The molecule has 0 aromatic heterocycles. The van der Waals surface area contributed by atoms with Crippen LogP contribution in [0.2, 0.25) is 0 Å². The van der Waals surface area contributed by atoms with Gasteiger partial charge in [0, 0.05) is 13.4 Å². The number of carbonyl (C=O) groups excluding carboxylic acids is 1. The molecule has 0 aliphatic heterocycles. The molecule has 0 saturated carbocycles. The van der Waals surface area contributed by atoms with Gasteiger partial charge in [-0.2, -0.15) is 0 Å². The van der Waals surface area contributed by atoms with Gasteiger partial charge in [-0.3, -0.25) is 0 Å². The van der Waals surface area contributed by atoms with Crippen molar-refractivity contribution in [3.8, 4) is 0 Å². The van der Waals surface area contributed by atoms with Crippen LogP contribution in [0, 0.1) is 9.39 Å². The van der Waals surface area contributed by atoms with E-state index >= 15 is 0 Å². The maximum Gasteiger partial charge on any atom is 0.338 e. The van der Waals surface area contributed by atoms with Crippen LogP contribution in [0.1, 0.15) is 17.3 Å². The van der Waals surface area contributed by atoms with Crippen LogP contribution in [0.15, 0.2) is 52.3 Å². The molecule has 5 heteroatoms. The molecule has 0 N–H and O–H groups in total. The number of hydrogen-bond donors (Lipinski definition) is 0. The number of ether oxygens (including phenoxy) is 1. The Morgan fingerprint density at radius 2 is 1.95 bits per heavy atom. The maximum atomic E-state index is 13.7. The molecule has 0 radical (unpaired) electrons. The minimum atomic E-state index is -0.343. The van der Waals surface area contributed by atoms with E-state index in [9.17, 15) is 9.18 Å². The highest BCUT2D eigenvalue weighted by Crippen LogP contribution is 2.30. The van der Waals surface area contributed by atoms with Crippen LogP contribution in [-0.2, 0) is 4.74 Å². The summed E-state index contributed by atoms with van der Waals surface area (Å²) in [6.07, 6.45) is 0. The molecule has 0 unspecified atom stereocenters. The van der Waals surface area contributed by atoms with E-state index in [1.807, 2.05) is 6.07 Å². The Labute approximate surface area is 134 Å². The molecule has 0 aliphatic rings. The monoisotopic (exact) mass is 402 g/mol. The van der Waals surface area contributed by atoms with Gasteiger partial charge in [0.1, 0.15) is 5.82 Å². The summed E-state index contributed by atoms with van der Waals surface area (Å²) in [5, 5.41) is 0. The summed E-state index contributed by atoms with van der Waals surface area (Å²) in [4.78, 5) is 13.0. The van der Waals surface area contributed by atoms with Crippen molar-refractivity contribution in [2.75, 3.05) is 6.61 Å². The molecule has 2 nitrogen and oxygen atoms in total. The number of halogens is 2. The number of rotatable bonds is 4. The summed E-state index contributed by atoms with van der Waals surface area (Å²) in [6.45, 7) is 2.12.